The molecule has 2 aliphatic rings. The highest BCUT2D eigenvalue weighted by atomic mass is 16.5. The average molecular weight is 302 g/mol. The Morgan fingerprint density at radius 2 is 1.64 bits per heavy atom. The van der Waals surface area contributed by atoms with E-state index in [9.17, 15) is 0 Å². The maximum absolute atomic E-state index is 5.48. The van der Waals surface area contributed by atoms with Crippen LogP contribution in [0, 0.1) is 0 Å². The van der Waals surface area contributed by atoms with Crippen molar-refractivity contribution < 1.29 is 4.74 Å². The zero-order valence-corrected chi connectivity index (χ0v) is 13.8. The van der Waals surface area contributed by atoms with E-state index in [1.807, 2.05) is 0 Å². The molecule has 2 heterocycles. The van der Waals surface area contributed by atoms with Gasteiger partial charge in [-0.1, -0.05) is 30.3 Å². The number of piperazine rings is 1. The van der Waals surface area contributed by atoms with E-state index < -0.39 is 0 Å². The van der Waals surface area contributed by atoms with Gasteiger partial charge in [0.2, 0.25) is 0 Å². The van der Waals surface area contributed by atoms with Gasteiger partial charge < -0.3 is 9.64 Å². The first-order valence-corrected chi connectivity index (χ1v) is 9.00. The molecule has 3 heteroatoms. The van der Waals surface area contributed by atoms with Gasteiger partial charge in [0.05, 0.1) is 0 Å². The molecule has 1 aromatic carbocycles. The van der Waals surface area contributed by atoms with Gasteiger partial charge in [0.1, 0.15) is 0 Å². The Labute approximate surface area is 135 Å². The second-order valence-electron chi connectivity index (χ2n) is 6.66. The average Bonchev–Trinajstić information content (AvgIpc) is 2.61. The van der Waals surface area contributed by atoms with Crippen molar-refractivity contribution in [1.29, 1.82) is 0 Å². The van der Waals surface area contributed by atoms with Gasteiger partial charge in [-0.05, 0) is 44.2 Å². The monoisotopic (exact) mass is 302 g/mol. The van der Waals surface area contributed by atoms with Crippen molar-refractivity contribution in [3.63, 3.8) is 0 Å². The van der Waals surface area contributed by atoms with Gasteiger partial charge in [-0.3, -0.25) is 4.90 Å². The minimum atomic E-state index is 0.786. The van der Waals surface area contributed by atoms with Crippen molar-refractivity contribution in [3.05, 3.63) is 35.9 Å². The highest BCUT2D eigenvalue weighted by molar-refractivity contribution is 5.14. The van der Waals surface area contributed by atoms with Gasteiger partial charge >= 0.3 is 0 Å². The predicted molar refractivity (Wildman–Crippen MR) is 91.2 cm³/mol. The lowest BCUT2D eigenvalue weighted by Gasteiger charge is -2.40. The zero-order valence-electron chi connectivity index (χ0n) is 13.8. The summed E-state index contributed by atoms with van der Waals surface area (Å²) in [5.74, 6) is 0. The predicted octanol–water partition coefficient (Wildman–Crippen LogP) is 2.81. The molecule has 0 aliphatic carbocycles. The summed E-state index contributed by atoms with van der Waals surface area (Å²) in [6.45, 7) is 8.21. The van der Waals surface area contributed by atoms with Crippen LogP contribution in [0.15, 0.2) is 30.3 Å². The van der Waals surface area contributed by atoms with E-state index in [1.54, 1.807) is 0 Å². The number of hydrogen-bond donors (Lipinski definition) is 0. The third-order valence-electron chi connectivity index (χ3n) is 5.15. The lowest BCUT2D eigenvalue weighted by molar-refractivity contribution is 0.0136. The van der Waals surface area contributed by atoms with Crippen molar-refractivity contribution in [2.24, 2.45) is 0 Å². The molecule has 22 heavy (non-hydrogen) atoms. The molecule has 3 nitrogen and oxygen atoms in total. The van der Waals surface area contributed by atoms with Crippen LogP contribution < -0.4 is 0 Å². The third kappa shape index (κ3) is 4.80. The first-order chi connectivity index (χ1) is 10.9. The molecule has 0 aromatic heterocycles. The molecule has 0 radical (unpaired) electrons. The Morgan fingerprint density at radius 3 is 2.36 bits per heavy atom. The van der Waals surface area contributed by atoms with Crippen LogP contribution in [0.2, 0.25) is 0 Å². The maximum atomic E-state index is 5.48. The fourth-order valence-corrected chi connectivity index (χ4v) is 3.71. The van der Waals surface area contributed by atoms with E-state index in [-0.39, 0.29) is 0 Å². The Morgan fingerprint density at radius 1 is 0.909 bits per heavy atom. The van der Waals surface area contributed by atoms with Crippen LogP contribution in [-0.4, -0.2) is 61.8 Å². The molecule has 0 N–H and O–H groups in total. The molecule has 0 bridgehead atoms. The van der Waals surface area contributed by atoms with E-state index in [2.05, 4.69) is 40.1 Å². The Balaban J connectivity index is 1.29. The molecular formula is C19H30N2O. The van der Waals surface area contributed by atoms with Crippen molar-refractivity contribution in [2.75, 3.05) is 45.9 Å². The molecule has 0 saturated carbocycles. The van der Waals surface area contributed by atoms with Crippen LogP contribution in [0.4, 0.5) is 0 Å². The molecular weight excluding hydrogens is 272 g/mol. The van der Waals surface area contributed by atoms with Gasteiger partial charge in [-0.2, -0.15) is 0 Å². The summed E-state index contributed by atoms with van der Waals surface area (Å²) in [4.78, 5) is 5.35. The third-order valence-corrected chi connectivity index (χ3v) is 5.15. The van der Waals surface area contributed by atoms with Gasteiger partial charge in [0, 0.05) is 45.4 Å². The van der Waals surface area contributed by atoms with Crippen molar-refractivity contribution >= 4 is 0 Å². The van der Waals surface area contributed by atoms with Crippen molar-refractivity contribution in [2.45, 2.75) is 38.1 Å². The molecule has 122 valence electrons. The van der Waals surface area contributed by atoms with Crippen LogP contribution in [0.1, 0.15) is 31.2 Å². The van der Waals surface area contributed by atoms with E-state index in [0.717, 1.165) is 19.3 Å². The van der Waals surface area contributed by atoms with Gasteiger partial charge in [0.15, 0.2) is 0 Å². The molecule has 0 spiro atoms. The summed E-state index contributed by atoms with van der Waals surface area (Å²) in [6, 6.07) is 11.7. The minimum Gasteiger partial charge on any atom is -0.381 e. The minimum absolute atomic E-state index is 0.786. The van der Waals surface area contributed by atoms with Gasteiger partial charge in [-0.25, -0.2) is 0 Å². The molecule has 0 amide bonds. The van der Waals surface area contributed by atoms with E-state index >= 15 is 0 Å². The number of unbranched alkanes of at least 4 members (excludes halogenated alkanes) is 1. The largest absolute Gasteiger partial charge is 0.381 e. The van der Waals surface area contributed by atoms with Crippen LogP contribution in [0.25, 0.3) is 0 Å². The van der Waals surface area contributed by atoms with Crippen molar-refractivity contribution in [1.82, 2.24) is 9.80 Å². The number of hydrogen-bond acceptors (Lipinski definition) is 3. The molecule has 1 aromatic rings. The molecule has 0 unspecified atom stereocenters. The molecule has 2 aliphatic heterocycles. The fraction of sp³-hybridized carbons (Fsp3) is 0.684. The van der Waals surface area contributed by atoms with Crippen LogP contribution >= 0.6 is 0 Å². The number of rotatable bonds is 6. The summed E-state index contributed by atoms with van der Waals surface area (Å²) < 4.78 is 5.48. The molecule has 3 rings (SSSR count). The summed E-state index contributed by atoms with van der Waals surface area (Å²) >= 11 is 0. The van der Waals surface area contributed by atoms with Crippen LogP contribution in [-0.2, 0) is 11.2 Å². The van der Waals surface area contributed by atoms with Gasteiger partial charge in [0.25, 0.3) is 0 Å². The van der Waals surface area contributed by atoms with E-state index in [0.29, 0.717) is 0 Å². The second-order valence-corrected chi connectivity index (χ2v) is 6.66. The topological polar surface area (TPSA) is 15.7 Å². The number of nitrogens with zero attached hydrogens (tertiary/aromatic N) is 2. The Bertz CT molecular complexity index is 409. The van der Waals surface area contributed by atoms with Crippen LogP contribution in [0.3, 0.4) is 0 Å². The number of aryl methyl sites for hydroxylation is 1. The molecule has 2 saturated heterocycles. The molecule has 2 fully saturated rings. The smallest absolute Gasteiger partial charge is 0.0480 e. The second kappa shape index (κ2) is 8.66. The first-order valence-electron chi connectivity index (χ1n) is 9.00. The van der Waals surface area contributed by atoms with Crippen molar-refractivity contribution in [3.8, 4) is 0 Å². The van der Waals surface area contributed by atoms with Gasteiger partial charge in [-0.15, -0.1) is 0 Å². The zero-order chi connectivity index (χ0) is 15.0. The summed E-state index contributed by atoms with van der Waals surface area (Å²) in [5, 5.41) is 0. The maximum Gasteiger partial charge on any atom is 0.0480 e. The number of benzene rings is 1. The van der Waals surface area contributed by atoms with Crippen LogP contribution in [0.5, 0.6) is 0 Å². The standard InChI is InChI=1S/C19H30N2O/c1-2-6-18(7-3-1)8-4-5-11-20-12-14-21(15-13-20)19-9-16-22-17-10-19/h1-3,6-7,19H,4-5,8-17H2. The highest BCUT2D eigenvalue weighted by Crippen LogP contribution is 2.16. The Kier molecular flexibility index (Phi) is 6.29. The molecule has 0 atom stereocenters. The lowest BCUT2D eigenvalue weighted by Crippen LogP contribution is -2.51. The highest BCUT2D eigenvalue weighted by Gasteiger charge is 2.24. The summed E-state index contributed by atoms with van der Waals surface area (Å²) in [5.41, 5.74) is 1.48. The normalized spacial score (nSPS) is 22.0. The Hall–Kier alpha value is -0.900. The SMILES string of the molecule is c1ccc(CCCCN2CCN(C3CCOCC3)CC2)cc1. The lowest BCUT2D eigenvalue weighted by atomic mass is 10.1. The number of ether oxygens (including phenoxy) is 1. The summed E-state index contributed by atoms with van der Waals surface area (Å²) in [7, 11) is 0. The summed E-state index contributed by atoms with van der Waals surface area (Å²) in [6.07, 6.45) is 6.33. The fourth-order valence-electron chi connectivity index (χ4n) is 3.71. The quantitative estimate of drug-likeness (QED) is 0.752. The van der Waals surface area contributed by atoms with E-state index in [1.165, 1.54) is 70.4 Å². The van der Waals surface area contributed by atoms with E-state index in [4.69, 9.17) is 4.74 Å². The first kappa shape index (κ1) is 16.0.